The highest BCUT2D eigenvalue weighted by molar-refractivity contribution is 7.86. The van der Waals surface area contributed by atoms with E-state index in [-0.39, 0.29) is 6.42 Å². The van der Waals surface area contributed by atoms with Gasteiger partial charge in [0.05, 0.1) is 5.75 Å². The predicted octanol–water partition coefficient (Wildman–Crippen LogP) is 1.98. The summed E-state index contributed by atoms with van der Waals surface area (Å²) in [5.41, 5.74) is -0.535. The standard InChI is InChI=1S/C10H20FNO4S/c1-10(2,3)16-9(13)12-7-5-4-6-8-17(11,14)15/h4-8H2,1-3H3,(H,12,13). The maximum absolute atomic E-state index is 12.1. The Labute approximate surface area is 102 Å². The average Bonchev–Trinajstić information content (AvgIpc) is 2.06. The van der Waals surface area contributed by atoms with Crippen LogP contribution in [0.2, 0.25) is 0 Å². The first-order valence-electron chi connectivity index (χ1n) is 5.49. The van der Waals surface area contributed by atoms with E-state index in [1.807, 2.05) is 0 Å². The Morgan fingerprint density at radius 2 is 1.82 bits per heavy atom. The lowest BCUT2D eigenvalue weighted by Crippen LogP contribution is -2.33. The summed E-state index contributed by atoms with van der Waals surface area (Å²) >= 11 is 0. The third-order valence-electron chi connectivity index (χ3n) is 1.73. The lowest BCUT2D eigenvalue weighted by Gasteiger charge is -2.19. The van der Waals surface area contributed by atoms with E-state index in [9.17, 15) is 17.1 Å². The van der Waals surface area contributed by atoms with Crippen LogP contribution in [-0.4, -0.2) is 32.4 Å². The third-order valence-corrected chi connectivity index (χ3v) is 2.51. The molecule has 0 bridgehead atoms. The van der Waals surface area contributed by atoms with Gasteiger partial charge in [-0.05, 0) is 33.6 Å². The molecular formula is C10H20FNO4S. The fourth-order valence-electron chi connectivity index (χ4n) is 1.08. The van der Waals surface area contributed by atoms with Gasteiger partial charge in [-0.1, -0.05) is 6.42 Å². The predicted molar refractivity (Wildman–Crippen MR) is 63.0 cm³/mol. The lowest BCUT2D eigenvalue weighted by atomic mass is 10.2. The zero-order chi connectivity index (χ0) is 13.5. The van der Waals surface area contributed by atoms with Gasteiger partial charge >= 0.3 is 16.3 Å². The largest absolute Gasteiger partial charge is 0.444 e. The lowest BCUT2D eigenvalue weighted by molar-refractivity contribution is 0.0527. The van der Waals surface area contributed by atoms with Crippen molar-refractivity contribution in [2.24, 2.45) is 0 Å². The topological polar surface area (TPSA) is 72.5 Å². The first-order valence-corrected chi connectivity index (χ1v) is 7.04. The minimum atomic E-state index is -4.36. The van der Waals surface area contributed by atoms with E-state index in [1.165, 1.54) is 0 Å². The van der Waals surface area contributed by atoms with E-state index < -0.39 is 27.7 Å². The summed E-state index contributed by atoms with van der Waals surface area (Å²) in [4.78, 5) is 11.2. The molecule has 0 aromatic carbocycles. The summed E-state index contributed by atoms with van der Waals surface area (Å²) < 4.78 is 37.4. The van der Waals surface area contributed by atoms with Crippen molar-refractivity contribution in [3.63, 3.8) is 0 Å². The van der Waals surface area contributed by atoms with Crippen molar-refractivity contribution in [1.82, 2.24) is 5.32 Å². The number of halogens is 1. The van der Waals surface area contributed by atoms with E-state index in [2.05, 4.69) is 5.32 Å². The Balaban J connectivity index is 3.50. The molecule has 0 saturated carbocycles. The highest BCUT2D eigenvalue weighted by Crippen LogP contribution is 2.06. The number of rotatable bonds is 6. The van der Waals surface area contributed by atoms with E-state index in [0.717, 1.165) is 0 Å². The van der Waals surface area contributed by atoms with E-state index >= 15 is 0 Å². The monoisotopic (exact) mass is 269 g/mol. The van der Waals surface area contributed by atoms with Gasteiger partial charge in [-0.3, -0.25) is 0 Å². The van der Waals surface area contributed by atoms with Crippen molar-refractivity contribution in [2.75, 3.05) is 12.3 Å². The fourth-order valence-corrected chi connectivity index (χ4v) is 1.63. The molecule has 0 spiro atoms. The van der Waals surface area contributed by atoms with Crippen LogP contribution in [0.4, 0.5) is 8.68 Å². The van der Waals surface area contributed by atoms with E-state index in [0.29, 0.717) is 19.4 Å². The maximum atomic E-state index is 12.1. The van der Waals surface area contributed by atoms with Gasteiger partial charge in [-0.25, -0.2) is 4.79 Å². The van der Waals surface area contributed by atoms with Crippen LogP contribution in [0.5, 0.6) is 0 Å². The molecule has 0 fully saturated rings. The van der Waals surface area contributed by atoms with Crippen LogP contribution in [0.15, 0.2) is 0 Å². The van der Waals surface area contributed by atoms with Gasteiger partial charge in [0.1, 0.15) is 5.60 Å². The Kier molecular flexibility index (Phi) is 6.44. The van der Waals surface area contributed by atoms with Gasteiger partial charge in [0.25, 0.3) is 0 Å². The molecule has 0 radical (unpaired) electrons. The summed E-state index contributed by atoms with van der Waals surface area (Å²) in [5, 5.41) is 2.53. The van der Waals surface area contributed by atoms with Gasteiger partial charge in [0.15, 0.2) is 0 Å². The fraction of sp³-hybridized carbons (Fsp3) is 0.900. The summed E-state index contributed by atoms with van der Waals surface area (Å²) in [6, 6.07) is 0. The molecule has 0 aliphatic heterocycles. The summed E-state index contributed by atoms with van der Waals surface area (Å²) in [6.07, 6.45) is 0.887. The summed E-state index contributed by atoms with van der Waals surface area (Å²) in [7, 11) is -4.36. The molecule has 102 valence electrons. The molecule has 0 saturated heterocycles. The molecule has 0 unspecified atom stereocenters. The van der Waals surface area contributed by atoms with Crippen molar-refractivity contribution in [3.05, 3.63) is 0 Å². The van der Waals surface area contributed by atoms with Crippen LogP contribution < -0.4 is 5.32 Å². The number of ether oxygens (including phenoxy) is 1. The van der Waals surface area contributed by atoms with Crippen LogP contribution in [0.3, 0.4) is 0 Å². The van der Waals surface area contributed by atoms with E-state index in [4.69, 9.17) is 4.74 Å². The Hall–Kier alpha value is -0.850. The highest BCUT2D eigenvalue weighted by atomic mass is 32.3. The molecule has 5 nitrogen and oxygen atoms in total. The second-order valence-electron chi connectivity index (χ2n) is 4.73. The molecule has 0 atom stereocenters. The summed E-state index contributed by atoms with van der Waals surface area (Å²) in [5.74, 6) is -0.459. The number of unbranched alkanes of at least 4 members (excludes halogenated alkanes) is 2. The van der Waals surface area contributed by atoms with Gasteiger partial charge in [0.2, 0.25) is 0 Å². The first kappa shape index (κ1) is 16.1. The van der Waals surface area contributed by atoms with E-state index in [1.54, 1.807) is 20.8 Å². The Morgan fingerprint density at radius 1 is 1.24 bits per heavy atom. The smallest absolute Gasteiger partial charge is 0.407 e. The third kappa shape index (κ3) is 13.1. The minimum absolute atomic E-state index is 0.259. The minimum Gasteiger partial charge on any atom is -0.444 e. The van der Waals surface area contributed by atoms with Crippen LogP contribution in [-0.2, 0) is 15.0 Å². The van der Waals surface area contributed by atoms with Crippen LogP contribution in [0.25, 0.3) is 0 Å². The Bertz CT molecular complexity index is 335. The van der Waals surface area contributed by atoms with Crippen molar-refractivity contribution >= 4 is 16.3 Å². The van der Waals surface area contributed by atoms with Gasteiger partial charge in [-0.15, -0.1) is 3.89 Å². The Morgan fingerprint density at radius 3 is 2.29 bits per heavy atom. The molecule has 17 heavy (non-hydrogen) atoms. The number of carbonyl (C=O) groups excluding carboxylic acids is 1. The molecule has 0 rings (SSSR count). The average molecular weight is 269 g/mol. The second kappa shape index (κ2) is 6.78. The maximum Gasteiger partial charge on any atom is 0.407 e. The highest BCUT2D eigenvalue weighted by Gasteiger charge is 2.15. The first-order chi connectivity index (χ1) is 7.60. The second-order valence-corrected chi connectivity index (χ2v) is 6.22. The van der Waals surface area contributed by atoms with Gasteiger partial charge < -0.3 is 10.1 Å². The number of amides is 1. The zero-order valence-electron chi connectivity index (χ0n) is 10.5. The molecule has 0 aliphatic carbocycles. The molecule has 0 aromatic rings. The normalized spacial score (nSPS) is 12.2. The molecule has 0 aliphatic rings. The summed E-state index contributed by atoms with van der Waals surface area (Å²) in [6.45, 7) is 5.68. The number of carbonyl (C=O) groups is 1. The van der Waals surface area contributed by atoms with Crippen LogP contribution >= 0.6 is 0 Å². The van der Waals surface area contributed by atoms with Crippen molar-refractivity contribution in [2.45, 2.75) is 45.6 Å². The SMILES string of the molecule is CC(C)(C)OC(=O)NCCCCCS(=O)(=O)F. The number of nitrogens with one attached hydrogen (secondary N) is 1. The molecule has 1 amide bonds. The number of alkyl carbamates (subject to hydrolysis) is 1. The van der Waals surface area contributed by atoms with Crippen molar-refractivity contribution in [1.29, 1.82) is 0 Å². The van der Waals surface area contributed by atoms with Crippen LogP contribution in [0.1, 0.15) is 40.0 Å². The molecule has 1 N–H and O–H groups in total. The molecule has 0 aromatic heterocycles. The van der Waals surface area contributed by atoms with Gasteiger partial charge in [-0.2, -0.15) is 8.42 Å². The van der Waals surface area contributed by atoms with Crippen LogP contribution in [0, 0.1) is 0 Å². The van der Waals surface area contributed by atoms with Gasteiger partial charge in [0, 0.05) is 6.54 Å². The van der Waals surface area contributed by atoms with Crippen molar-refractivity contribution < 1.29 is 21.8 Å². The number of hydrogen-bond donors (Lipinski definition) is 1. The zero-order valence-corrected chi connectivity index (χ0v) is 11.3. The molecular weight excluding hydrogens is 249 g/mol. The molecule has 7 heteroatoms. The van der Waals surface area contributed by atoms with Crippen molar-refractivity contribution in [3.8, 4) is 0 Å². The number of hydrogen-bond acceptors (Lipinski definition) is 4. The quantitative estimate of drug-likeness (QED) is 0.591. The molecule has 0 heterocycles.